The number of nitrogens with zero attached hydrogens (tertiary/aromatic N) is 1. The van der Waals surface area contributed by atoms with E-state index < -0.39 is 0 Å². The maximum atomic E-state index is 5.40. The number of aryl methyl sites for hydroxylation is 1. The Bertz CT molecular complexity index is 583. The molecule has 0 atom stereocenters. The summed E-state index contributed by atoms with van der Waals surface area (Å²) in [5.74, 6) is 0.794. The highest BCUT2D eigenvalue weighted by Gasteiger charge is 2.04. The Hall–Kier alpha value is -0.360. The number of imidazole rings is 1. The van der Waals surface area contributed by atoms with Crippen molar-refractivity contribution in [1.29, 1.82) is 0 Å². The largest absolute Gasteiger partial charge is 0.331 e. The summed E-state index contributed by atoms with van der Waals surface area (Å²) >= 11 is 7.73. The first-order chi connectivity index (χ1) is 8.58. The second-order valence-corrected chi connectivity index (χ2v) is 6.77. The minimum absolute atomic E-state index is 0.794. The van der Waals surface area contributed by atoms with Crippen LogP contribution in [0.25, 0.3) is 11.0 Å². The van der Waals surface area contributed by atoms with Crippen LogP contribution in [-0.2, 0) is 6.54 Å². The van der Waals surface area contributed by atoms with Crippen molar-refractivity contribution in [1.82, 2.24) is 9.55 Å². The van der Waals surface area contributed by atoms with Crippen LogP contribution < -0.4 is 0 Å². The third-order valence-corrected chi connectivity index (χ3v) is 4.14. The van der Waals surface area contributed by atoms with E-state index in [1.165, 1.54) is 28.3 Å². The third-order valence-electron chi connectivity index (χ3n) is 3.15. The lowest BCUT2D eigenvalue weighted by molar-refractivity contribution is 0.511. The minimum Gasteiger partial charge on any atom is -0.331 e. The van der Waals surface area contributed by atoms with Gasteiger partial charge in [0.1, 0.15) is 0 Å². The van der Waals surface area contributed by atoms with E-state index in [4.69, 9.17) is 12.2 Å². The molecule has 18 heavy (non-hydrogen) atoms. The van der Waals surface area contributed by atoms with Crippen molar-refractivity contribution >= 4 is 45.8 Å². The number of benzene rings is 1. The zero-order valence-corrected chi connectivity index (χ0v) is 13.8. The fourth-order valence-electron chi connectivity index (χ4n) is 2.18. The maximum Gasteiger partial charge on any atom is 0.178 e. The number of rotatable bonds is 5. The number of hydrogen-bond acceptors (Lipinski definition) is 1. The lowest BCUT2D eigenvalue weighted by Crippen LogP contribution is -1.99. The van der Waals surface area contributed by atoms with E-state index in [2.05, 4.69) is 64.2 Å². The van der Waals surface area contributed by atoms with Gasteiger partial charge in [0.15, 0.2) is 4.77 Å². The quantitative estimate of drug-likeness (QED) is 0.437. The number of halogens is 1. The first-order valence-electron chi connectivity index (χ1n) is 6.46. The fourth-order valence-corrected chi connectivity index (χ4v) is 2.97. The molecule has 0 amide bonds. The lowest BCUT2D eigenvalue weighted by atomic mass is 10.1. The van der Waals surface area contributed by atoms with Gasteiger partial charge < -0.3 is 9.55 Å². The molecule has 1 N–H and O–H groups in total. The maximum absolute atomic E-state index is 5.40. The van der Waals surface area contributed by atoms with E-state index in [-0.39, 0.29) is 0 Å². The molecule has 0 aliphatic heterocycles. The topological polar surface area (TPSA) is 20.7 Å². The smallest absolute Gasteiger partial charge is 0.178 e. The number of nitrogens with one attached hydrogen (secondary N) is 1. The minimum atomic E-state index is 0.794. The summed E-state index contributed by atoms with van der Waals surface area (Å²) in [6.45, 7) is 5.57. The molecule has 1 aromatic carbocycles. The molecule has 0 bridgehead atoms. The van der Waals surface area contributed by atoms with Crippen LogP contribution in [0, 0.1) is 14.3 Å². The molecule has 0 aliphatic carbocycles. The van der Waals surface area contributed by atoms with Crippen molar-refractivity contribution in [3.8, 4) is 0 Å². The van der Waals surface area contributed by atoms with E-state index in [1.807, 2.05) is 0 Å². The van der Waals surface area contributed by atoms with Crippen LogP contribution in [0.2, 0.25) is 0 Å². The molecule has 0 saturated carbocycles. The number of aromatic nitrogens is 2. The second-order valence-electron chi connectivity index (χ2n) is 5.13. The summed E-state index contributed by atoms with van der Waals surface area (Å²) in [7, 11) is 0. The summed E-state index contributed by atoms with van der Waals surface area (Å²) in [6.07, 6.45) is 3.77. The molecule has 2 rings (SSSR count). The summed E-state index contributed by atoms with van der Waals surface area (Å²) < 4.78 is 4.31. The molecule has 0 fully saturated rings. The molecule has 0 saturated heterocycles. The van der Waals surface area contributed by atoms with Crippen molar-refractivity contribution in [2.24, 2.45) is 5.92 Å². The number of aromatic amines is 1. The van der Waals surface area contributed by atoms with Gasteiger partial charge in [0.2, 0.25) is 0 Å². The van der Waals surface area contributed by atoms with Gasteiger partial charge in [-0.1, -0.05) is 26.7 Å². The zero-order chi connectivity index (χ0) is 13.1. The van der Waals surface area contributed by atoms with Gasteiger partial charge in [-0.2, -0.15) is 0 Å². The van der Waals surface area contributed by atoms with E-state index in [0.717, 1.165) is 22.8 Å². The molecular weight excluding hydrogens is 355 g/mol. The van der Waals surface area contributed by atoms with Crippen LogP contribution in [0.3, 0.4) is 0 Å². The van der Waals surface area contributed by atoms with Crippen molar-refractivity contribution in [2.75, 3.05) is 0 Å². The Morgan fingerprint density at radius 3 is 2.83 bits per heavy atom. The van der Waals surface area contributed by atoms with Crippen LogP contribution in [0.15, 0.2) is 18.2 Å². The van der Waals surface area contributed by atoms with Crippen LogP contribution in [0.1, 0.15) is 33.1 Å². The second kappa shape index (κ2) is 6.19. The van der Waals surface area contributed by atoms with Gasteiger partial charge in [-0.25, -0.2) is 0 Å². The van der Waals surface area contributed by atoms with Crippen LogP contribution in [-0.4, -0.2) is 9.55 Å². The van der Waals surface area contributed by atoms with Crippen molar-refractivity contribution in [3.63, 3.8) is 0 Å². The van der Waals surface area contributed by atoms with Gasteiger partial charge in [0.05, 0.1) is 11.0 Å². The standard InChI is InChI=1S/C14H19IN2S/c1-10(2)5-3-4-8-17-13-7-6-11(15)9-12(13)16-14(17)18/h6-7,9-10H,3-5,8H2,1-2H3,(H,16,18). The molecule has 4 heteroatoms. The normalized spacial score (nSPS) is 11.6. The monoisotopic (exact) mass is 374 g/mol. The molecule has 98 valence electrons. The Kier molecular flexibility index (Phi) is 4.84. The van der Waals surface area contributed by atoms with Gasteiger partial charge >= 0.3 is 0 Å². The van der Waals surface area contributed by atoms with Crippen LogP contribution >= 0.6 is 34.8 Å². The predicted molar refractivity (Wildman–Crippen MR) is 88.5 cm³/mol. The molecule has 1 heterocycles. The van der Waals surface area contributed by atoms with Crippen molar-refractivity contribution in [2.45, 2.75) is 39.7 Å². The van der Waals surface area contributed by atoms with Gasteiger partial charge in [-0.15, -0.1) is 0 Å². The Labute approximate surface area is 127 Å². The number of H-pyrrole nitrogens is 1. The highest BCUT2D eigenvalue weighted by atomic mass is 127. The van der Waals surface area contributed by atoms with Crippen molar-refractivity contribution in [3.05, 3.63) is 26.5 Å². The number of hydrogen-bond donors (Lipinski definition) is 1. The van der Waals surface area contributed by atoms with Gasteiger partial charge in [-0.05, 0) is 65.3 Å². The summed E-state index contributed by atoms with van der Waals surface area (Å²) in [6, 6.07) is 6.44. The van der Waals surface area contributed by atoms with Gasteiger partial charge in [0, 0.05) is 10.1 Å². The summed E-state index contributed by atoms with van der Waals surface area (Å²) in [4.78, 5) is 3.29. The number of unbranched alkanes of at least 4 members (excludes halogenated alkanes) is 1. The average Bonchev–Trinajstić information content (AvgIpc) is 2.59. The first-order valence-corrected chi connectivity index (χ1v) is 7.94. The van der Waals surface area contributed by atoms with E-state index >= 15 is 0 Å². The molecular formula is C14H19IN2S. The molecule has 2 nitrogen and oxygen atoms in total. The van der Waals surface area contributed by atoms with Crippen LogP contribution in [0.5, 0.6) is 0 Å². The molecule has 1 aromatic heterocycles. The SMILES string of the molecule is CC(C)CCCCn1c(=S)[nH]c2cc(I)ccc21. The molecule has 0 unspecified atom stereocenters. The number of fused-ring (bicyclic) bond motifs is 1. The molecule has 2 aromatic rings. The summed E-state index contributed by atoms with van der Waals surface area (Å²) in [5, 5.41) is 0. The van der Waals surface area contributed by atoms with Crippen molar-refractivity contribution < 1.29 is 0 Å². The van der Waals surface area contributed by atoms with Gasteiger partial charge in [-0.3, -0.25) is 0 Å². The molecule has 0 radical (unpaired) electrons. The lowest BCUT2D eigenvalue weighted by Gasteiger charge is -2.06. The Morgan fingerprint density at radius 2 is 2.11 bits per heavy atom. The van der Waals surface area contributed by atoms with E-state index in [0.29, 0.717) is 0 Å². The predicted octanol–water partition coefficient (Wildman–Crippen LogP) is 5.13. The third kappa shape index (κ3) is 3.35. The fraction of sp³-hybridized carbons (Fsp3) is 0.500. The Morgan fingerprint density at radius 1 is 1.33 bits per heavy atom. The Balaban J connectivity index is 2.13. The molecule has 0 spiro atoms. The highest BCUT2D eigenvalue weighted by Crippen LogP contribution is 2.18. The van der Waals surface area contributed by atoms with Gasteiger partial charge in [0.25, 0.3) is 0 Å². The first kappa shape index (κ1) is 14.1. The summed E-state index contributed by atoms with van der Waals surface area (Å²) in [5.41, 5.74) is 2.38. The van der Waals surface area contributed by atoms with Crippen LogP contribution in [0.4, 0.5) is 0 Å². The zero-order valence-electron chi connectivity index (χ0n) is 10.9. The molecule has 0 aliphatic rings. The highest BCUT2D eigenvalue weighted by molar-refractivity contribution is 14.1. The average molecular weight is 374 g/mol. The van der Waals surface area contributed by atoms with E-state index in [1.54, 1.807) is 0 Å². The van der Waals surface area contributed by atoms with E-state index in [9.17, 15) is 0 Å².